The van der Waals surface area contributed by atoms with Crippen LogP contribution >= 0.6 is 0 Å². The summed E-state index contributed by atoms with van der Waals surface area (Å²) in [7, 11) is 2.11. The van der Waals surface area contributed by atoms with E-state index in [2.05, 4.69) is 91.6 Å². The van der Waals surface area contributed by atoms with Crippen LogP contribution in [0.15, 0.2) is 54.6 Å². The molecule has 5 rings (SSSR count). The molecule has 5 heteroatoms. The van der Waals surface area contributed by atoms with Crippen LogP contribution in [0.25, 0.3) is 11.0 Å². The maximum Gasteiger partial charge on any atom is 0.208 e. The molecule has 0 aliphatic heterocycles. The number of anilines is 3. The predicted octanol–water partition coefficient (Wildman–Crippen LogP) is 6.82. The van der Waals surface area contributed by atoms with Gasteiger partial charge in [0.15, 0.2) is 0 Å². The highest BCUT2D eigenvalue weighted by atomic mass is 16.5. The molecule has 4 aromatic rings. The minimum Gasteiger partial charge on any atom is -0.383 e. The highest BCUT2D eigenvalue weighted by Crippen LogP contribution is 2.34. The highest BCUT2D eigenvalue weighted by molar-refractivity contribution is 5.93. The van der Waals surface area contributed by atoms with Crippen LogP contribution in [0.4, 0.5) is 17.3 Å². The lowest BCUT2D eigenvalue weighted by molar-refractivity contribution is 0.124. The normalized spacial score (nSPS) is 13.4. The van der Waals surface area contributed by atoms with Gasteiger partial charge in [-0.15, -0.1) is 0 Å². The summed E-state index contributed by atoms with van der Waals surface area (Å²) in [5, 5.41) is 7.33. The Hall–Kier alpha value is -3.31. The first-order chi connectivity index (χ1) is 17.0. The Balaban J connectivity index is 1.42. The van der Waals surface area contributed by atoms with Crippen molar-refractivity contribution in [3.63, 3.8) is 0 Å². The third-order valence-corrected chi connectivity index (χ3v) is 6.92. The number of nitrogens with zero attached hydrogens (tertiary/aromatic N) is 2. The summed E-state index contributed by atoms with van der Waals surface area (Å²) in [6, 6.07) is 19.2. The van der Waals surface area contributed by atoms with E-state index in [1.807, 2.05) is 6.07 Å². The first-order valence-electron chi connectivity index (χ1n) is 12.7. The number of ether oxygens (including phenoxy) is 1. The Morgan fingerprint density at radius 2 is 1.74 bits per heavy atom. The first-order valence-corrected chi connectivity index (χ1v) is 12.7. The topological polar surface area (TPSA) is 51.1 Å². The molecule has 1 aromatic heterocycles. The van der Waals surface area contributed by atoms with Crippen molar-refractivity contribution >= 4 is 28.4 Å². The van der Waals surface area contributed by atoms with E-state index >= 15 is 0 Å². The zero-order valence-electron chi connectivity index (χ0n) is 21.3. The summed E-state index contributed by atoms with van der Waals surface area (Å²) in [6.45, 7) is 8.77. The van der Waals surface area contributed by atoms with E-state index in [1.54, 1.807) is 0 Å². The zero-order valence-corrected chi connectivity index (χ0v) is 21.3. The van der Waals surface area contributed by atoms with Gasteiger partial charge in [-0.2, -0.15) is 0 Å². The molecular formula is C30H36N4O. The molecule has 1 heterocycles. The van der Waals surface area contributed by atoms with Gasteiger partial charge in [0.25, 0.3) is 0 Å². The van der Waals surface area contributed by atoms with Gasteiger partial charge in [0.05, 0.1) is 29.9 Å². The van der Waals surface area contributed by atoms with Crippen LogP contribution in [0, 0.1) is 26.7 Å². The molecule has 5 nitrogen and oxygen atoms in total. The molecule has 1 fully saturated rings. The molecule has 0 atom stereocenters. The second-order valence-corrected chi connectivity index (χ2v) is 9.98. The van der Waals surface area contributed by atoms with Crippen molar-refractivity contribution in [3.05, 3.63) is 82.4 Å². The fourth-order valence-corrected chi connectivity index (χ4v) is 4.84. The van der Waals surface area contributed by atoms with Crippen LogP contribution in [0.2, 0.25) is 0 Å². The van der Waals surface area contributed by atoms with Crippen molar-refractivity contribution in [1.82, 2.24) is 9.55 Å². The quantitative estimate of drug-likeness (QED) is 0.251. The smallest absolute Gasteiger partial charge is 0.208 e. The molecule has 0 unspecified atom stereocenters. The van der Waals surface area contributed by atoms with E-state index in [-0.39, 0.29) is 0 Å². The van der Waals surface area contributed by atoms with E-state index in [0.717, 1.165) is 47.2 Å². The van der Waals surface area contributed by atoms with Gasteiger partial charge in [-0.3, -0.25) is 0 Å². The Bertz CT molecular complexity index is 1300. The third kappa shape index (κ3) is 5.35. The monoisotopic (exact) mass is 468 g/mol. The zero-order chi connectivity index (χ0) is 24.4. The Morgan fingerprint density at radius 1 is 1.00 bits per heavy atom. The van der Waals surface area contributed by atoms with Gasteiger partial charge in [0, 0.05) is 19.3 Å². The molecular weight excluding hydrogens is 432 g/mol. The molecule has 2 N–H and O–H groups in total. The number of hydrogen-bond donors (Lipinski definition) is 2. The van der Waals surface area contributed by atoms with Crippen molar-refractivity contribution in [3.8, 4) is 0 Å². The SMILES string of the molecule is Cc1cc(C)c(Nc2nc3c(CCOCc4ccccc4)ccc(NCC4CC4)c3n2C)c(C)c1. The lowest BCUT2D eigenvalue weighted by Crippen LogP contribution is -2.07. The molecule has 0 bridgehead atoms. The number of imidazole rings is 1. The molecule has 1 aliphatic rings. The van der Waals surface area contributed by atoms with Crippen LogP contribution < -0.4 is 10.6 Å². The van der Waals surface area contributed by atoms with Crippen LogP contribution in [-0.4, -0.2) is 22.7 Å². The Kier molecular flexibility index (Phi) is 6.78. The number of rotatable bonds is 10. The van der Waals surface area contributed by atoms with Gasteiger partial charge in [-0.05, 0) is 74.3 Å². The average Bonchev–Trinajstić information content (AvgIpc) is 3.61. The summed E-state index contributed by atoms with van der Waals surface area (Å²) in [5.41, 5.74) is 10.6. The van der Waals surface area contributed by atoms with Crippen LogP contribution in [0.5, 0.6) is 0 Å². The first kappa shape index (κ1) is 23.4. The summed E-state index contributed by atoms with van der Waals surface area (Å²) in [5.74, 6) is 1.67. The number of hydrogen-bond acceptors (Lipinski definition) is 4. The lowest BCUT2D eigenvalue weighted by atomic mass is 10.1. The minimum atomic E-state index is 0.631. The van der Waals surface area contributed by atoms with Gasteiger partial charge in [0.2, 0.25) is 5.95 Å². The minimum absolute atomic E-state index is 0.631. The molecule has 3 aromatic carbocycles. The third-order valence-electron chi connectivity index (χ3n) is 6.92. The Labute approximate surface area is 208 Å². The van der Waals surface area contributed by atoms with E-state index in [4.69, 9.17) is 9.72 Å². The Morgan fingerprint density at radius 3 is 2.46 bits per heavy atom. The standard InChI is InChI=1S/C30H36N4O/c1-20-16-21(2)27(22(3)17-20)32-30-33-28-25(14-15-35-19-24-8-6-5-7-9-24)12-13-26(29(28)34(30)4)31-18-23-10-11-23/h5-9,12-13,16-17,23,31H,10-11,14-15,18-19H2,1-4H3,(H,32,33). The maximum absolute atomic E-state index is 6.00. The number of aromatic nitrogens is 2. The van der Waals surface area contributed by atoms with Crippen molar-refractivity contribution < 1.29 is 4.74 Å². The second-order valence-electron chi connectivity index (χ2n) is 9.98. The molecule has 182 valence electrons. The van der Waals surface area contributed by atoms with Crippen LogP contribution in [0.1, 0.15) is 40.7 Å². The van der Waals surface area contributed by atoms with E-state index in [0.29, 0.717) is 13.2 Å². The summed E-state index contributed by atoms with van der Waals surface area (Å²) < 4.78 is 8.19. The number of fused-ring (bicyclic) bond motifs is 1. The molecule has 0 saturated heterocycles. The van der Waals surface area contributed by atoms with Gasteiger partial charge in [0.1, 0.15) is 0 Å². The summed E-state index contributed by atoms with van der Waals surface area (Å²) in [4.78, 5) is 5.11. The maximum atomic E-state index is 6.00. The highest BCUT2D eigenvalue weighted by Gasteiger charge is 2.22. The summed E-state index contributed by atoms with van der Waals surface area (Å²) in [6.07, 6.45) is 3.49. The van der Waals surface area contributed by atoms with Gasteiger partial charge < -0.3 is 19.9 Å². The second kappa shape index (κ2) is 10.1. The predicted molar refractivity (Wildman–Crippen MR) is 146 cm³/mol. The molecule has 1 aliphatic carbocycles. The lowest BCUT2D eigenvalue weighted by Gasteiger charge is -2.14. The van der Waals surface area contributed by atoms with Gasteiger partial charge in [-0.25, -0.2) is 4.98 Å². The molecule has 0 spiro atoms. The summed E-state index contributed by atoms with van der Waals surface area (Å²) >= 11 is 0. The number of benzene rings is 3. The van der Waals surface area contributed by atoms with Crippen molar-refractivity contribution in [2.75, 3.05) is 23.8 Å². The van der Waals surface area contributed by atoms with Gasteiger partial charge in [-0.1, -0.05) is 54.1 Å². The van der Waals surface area contributed by atoms with Crippen LogP contribution in [0.3, 0.4) is 0 Å². The average molecular weight is 469 g/mol. The van der Waals surface area contributed by atoms with Crippen molar-refractivity contribution in [2.45, 2.75) is 46.6 Å². The molecule has 35 heavy (non-hydrogen) atoms. The van der Waals surface area contributed by atoms with Gasteiger partial charge >= 0.3 is 0 Å². The van der Waals surface area contributed by atoms with Crippen molar-refractivity contribution in [2.24, 2.45) is 13.0 Å². The van der Waals surface area contributed by atoms with E-state index in [1.165, 1.54) is 40.7 Å². The molecule has 0 radical (unpaired) electrons. The fourth-order valence-electron chi connectivity index (χ4n) is 4.84. The number of nitrogens with one attached hydrogen (secondary N) is 2. The molecule has 1 saturated carbocycles. The van der Waals surface area contributed by atoms with E-state index in [9.17, 15) is 0 Å². The number of aryl methyl sites for hydroxylation is 4. The molecule has 0 amide bonds. The fraction of sp³-hybridized carbons (Fsp3) is 0.367. The van der Waals surface area contributed by atoms with E-state index < -0.39 is 0 Å². The van der Waals surface area contributed by atoms with Crippen LogP contribution in [-0.2, 0) is 24.8 Å². The largest absolute Gasteiger partial charge is 0.383 e. The van der Waals surface area contributed by atoms with Crippen molar-refractivity contribution in [1.29, 1.82) is 0 Å².